The Bertz CT molecular complexity index is 425. The topological polar surface area (TPSA) is 87.6 Å². The van der Waals surface area contributed by atoms with Gasteiger partial charge in [-0.15, -0.1) is 0 Å². The van der Waals surface area contributed by atoms with E-state index in [-0.39, 0.29) is 7.43 Å². The lowest BCUT2D eigenvalue weighted by molar-refractivity contribution is 0.0206. The van der Waals surface area contributed by atoms with Gasteiger partial charge in [-0.1, -0.05) is 25.6 Å². The van der Waals surface area contributed by atoms with Crippen molar-refractivity contribution >= 4 is 6.16 Å². The van der Waals surface area contributed by atoms with Crippen molar-refractivity contribution in [3.05, 3.63) is 30.3 Å². The first-order valence-corrected chi connectivity index (χ1v) is 7.73. The Hall–Kier alpha value is -1.59. The van der Waals surface area contributed by atoms with Crippen molar-refractivity contribution in [2.24, 2.45) is 11.5 Å². The van der Waals surface area contributed by atoms with E-state index in [0.29, 0.717) is 17.8 Å². The quantitative estimate of drug-likeness (QED) is 0.605. The predicted molar refractivity (Wildman–Crippen MR) is 94.5 cm³/mol. The van der Waals surface area contributed by atoms with Crippen LogP contribution in [0.1, 0.15) is 53.9 Å². The van der Waals surface area contributed by atoms with Crippen LogP contribution < -0.4 is 16.2 Å². The first-order chi connectivity index (χ1) is 10.3. The number of hydrogen-bond donors (Lipinski definition) is 2. The van der Waals surface area contributed by atoms with E-state index in [1.807, 2.05) is 6.07 Å². The number of carbonyl (C=O) groups is 1. The maximum absolute atomic E-state index is 11.2. The van der Waals surface area contributed by atoms with Crippen LogP contribution >= 0.6 is 0 Å². The molecule has 4 N–H and O–H groups in total. The van der Waals surface area contributed by atoms with E-state index < -0.39 is 11.8 Å². The third kappa shape index (κ3) is 10.7. The number of carbonyl (C=O) groups excluding carboxylic acids is 1. The summed E-state index contributed by atoms with van der Waals surface area (Å²) in [4.78, 5) is 11.2. The third-order valence-electron chi connectivity index (χ3n) is 3.15. The van der Waals surface area contributed by atoms with E-state index in [2.05, 4.69) is 0 Å². The van der Waals surface area contributed by atoms with Gasteiger partial charge in [-0.25, -0.2) is 4.79 Å². The number of rotatable bonds is 1. The molecular weight excluding hydrogens is 292 g/mol. The zero-order valence-corrected chi connectivity index (χ0v) is 13.7. The third-order valence-corrected chi connectivity index (χ3v) is 3.15. The van der Waals surface area contributed by atoms with Gasteiger partial charge in [-0.05, 0) is 58.6 Å². The minimum absolute atomic E-state index is 0. The van der Waals surface area contributed by atoms with Gasteiger partial charge in [0.25, 0.3) is 0 Å². The number of ether oxygens (including phenoxy) is 2. The van der Waals surface area contributed by atoms with Crippen molar-refractivity contribution in [1.29, 1.82) is 0 Å². The molecule has 1 aromatic carbocycles. The lowest BCUT2D eigenvalue weighted by Crippen LogP contribution is -2.33. The predicted octanol–water partition coefficient (Wildman–Crippen LogP) is 3.85. The summed E-state index contributed by atoms with van der Waals surface area (Å²) in [6.45, 7) is 5.37. The SMILES string of the molecule is C.CC(C)(C)OC(=O)Oc1ccccc1.NC1CCC(N)CC1. The van der Waals surface area contributed by atoms with Crippen molar-refractivity contribution in [2.45, 2.75) is 71.6 Å². The molecule has 0 heterocycles. The zero-order chi connectivity index (χ0) is 16.6. The Morgan fingerprint density at radius 2 is 1.43 bits per heavy atom. The highest BCUT2D eigenvalue weighted by molar-refractivity contribution is 5.64. The molecule has 0 radical (unpaired) electrons. The summed E-state index contributed by atoms with van der Waals surface area (Å²) in [5.41, 5.74) is 10.8. The van der Waals surface area contributed by atoms with Crippen LogP contribution in [0.2, 0.25) is 0 Å². The Balaban J connectivity index is 0.000000460. The second-order valence-corrected chi connectivity index (χ2v) is 6.55. The summed E-state index contributed by atoms with van der Waals surface area (Å²) in [7, 11) is 0. The maximum Gasteiger partial charge on any atom is 0.514 e. The van der Waals surface area contributed by atoms with Crippen LogP contribution in [0.3, 0.4) is 0 Å². The van der Waals surface area contributed by atoms with Gasteiger partial charge >= 0.3 is 6.16 Å². The summed E-state index contributed by atoms with van der Waals surface area (Å²) in [5, 5.41) is 0. The van der Waals surface area contributed by atoms with Gasteiger partial charge in [0, 0.05) is 12.1 Å². The first kappa shape index (κ1) is 21.4. The Labute approximate surface area is 140 Å². The largest absolute Gasteiger partial charge is 0.514 e. The standard InChI is InChI=1S/C11H14O3.C6H14N2.CH4/c1-11(2,3)14-10(12)13-9-7-5-4-6-8-9;7-5-1-2-6(8)4-3-5;/h4-8H,1-3H3;5-6H,1-4,7-8H2;1H4. The molecule has 5 nitrogen and oxygen atoms in total. The van der Waals surface area contributed by atoms with Crippen LogP contribution in [-0.4, -0.2) is 23.8 Å². The van der Waals surface area contributed by atoms with E-state index in [1.165, 1.54) is 0 Å². The smallest absolute Gasteiger partial charge is 0.428 e. The molecule has 0 saturated heterocycles. The van der Waals surface area contributed by atoms with Gasteiger partial charge in [0.05, 0.1) is 0 Å². The van der Waals surface area contributed by atoms with Crippen LogP contribution in [0.4, 0.5) is 4.79 Å². The summed E-state index contributed by atoms with van der Waals surface area (Å²) in [6, 6.07) is 9.71. The molecule has 1 aliphatic carbocycles. The van der Waals surface area contributed by atoms with E-state index in [9.17, 15) is 4.79 Å². The van der Waals surface area contributed by atoms with Gasteiger partial charge in [0.1, 0.15) is 11.4 Å². The molecule has 0 bridgehead atoms. The maximum atomic E-state index is 11.2. The summed E-state index contributed by atoms with van der Waals surface area (Å²) in [6.07, 6.45) is 3.83. The molecule has 0 atom stereocenters. The number of para-hydroxylation sites is 1. The number of benzene rings is 1. The highest BCUT2D eigenvalue weighted by atomic mass is 16.7. The van der Waals surface area contributed by atoms with E-state index in [1.54, 1.807) is 45.0 Å². The molecule has 0 amide bonds. The fourth-order valence-corrected chi connectivity index (χ4v) is 2.00. The normalized spacial score (nSPS) is 20.4. The first-order valence-electron chi connectivity index (χ1n) is 7.73. The van der Waals surface area contributed by atoms with E-state index in [4.69, 9.17) is 20.9 Å². The highest BCUT2D eigenvalue weighted by Crippen LogP contribution is 2.14. The zero-order valence-electron chi connectivity index (χ0n) is 13.7. The summed E-state index contributed by atoms with van der Waals surface area (Å²) < 4.78 is 9.91. The van der Waals surface area contributed by atoms with E-state index >= 15 is 0 Å². The molecule has 1 saturated carbocycles. The summed E-state index contributed by atoms with van der Waals surface area (Å²) >= 11 is 0. The lowest BCUT2D eigenvalue weighted by Gasteiger charge is -2.22. The molecule has 0 spiro atoms. The average molecular weight is 324 g/mol. The van der Waals surface area contributed by atoms with Gasteiger partial charge in [0.2, 0.25) is 0 Å². The molecule has 1 aromatic rings. The molecule has 1 fully saturated rings. The lowest BCUT2D eigenvalue weighted by atomic mass is 9.93. The second-order valence-electron chi connectivity index (χ2n) is 6.55. The number of nitrogens with two attached hydrogens (primary N) is 2. The molecule has 5 heteroatoms. The fourth-order valence-electron chi connectivity index (χ4n) is 2.00. The minimum Gasteiger partial charge on any atom is -0.428 e. The highest BCUT2D eigenvalue weighted by Gasteiger charge is 2.17. The van der Waals surface area contributed by atoms with E-state index in [0.717, 1.165) is 25.7 Å². The second kappa shape index (κ2) is 10.2. The van der Waals surface area contributed by atoms with Crippen molar-refractivity contribution in [1.82, 2.24) is 0 Å². The molecule has 0 unspecified atom stereocenters. The van der Waals surface area contributed by atoms with Crippen LogP contribution in [0.5, 0.6) is 5.75 Å². The van der Waals surface area contributed by atoms with Crippen molar-refractivity contribution in [2.75, 3.05) is 0 Å². The molecular formula is C18H32N2O3. The van der Waals surface area contributed by atoms with Gasteiger partial charge < -0.3 is 20.9 Å². The van der Waals surface area contributed by atoms with Crippen LogP contribution in [0, 0.1) is 0 Å². The van der Waals surface area contributed by atoms with Crippen LogP contribution in [0.25, 0.3) is 0 Å². The molecule has 132 valence electrons. The average Bonchev–Trinajstić information content (AvgIpc) is 2.42. The van der Waals surface area contributed by atoms with Gasteiger partial charge in [0.15, 0.2) is 0 Å². The molecule has 23 heavy (non-hydrogen) atoms. The molecule has 1 aliphatic rings. The monoisotopic (exact) mass is 324 g/mol. The van der Waals surface area contributed by atoms with Crippen LogP contribution in [-0.2, 0) is 4.74 Å². The fraction of sp³-hybridized carbons (Fsp3) is 0.611. The Kier molecular flexibility index (Phi) is 9.53. The molecule has 0 aromatic heterocycles. The van der Waals surface area contributed by atoms with Crippen molar-refractivity contribution < 1.29 is 14.3 Å². The van der Waals surface area contributed by atoms with Crippen molar-refractivity contribution in [3.63, 3.8) is 0 Å². The molecule has 0 aliphatic heterocycles. The van der Waals surface area contributed by atoms with Gasteiger partial charge in [-0.3, -0.25) is 0 Å². The minimum atomic E-state index is -0.677. The Morgan fingerprint density at radius 3 is 1.83 bits per heavy atom. The summed E-state index contributed by atoms with van der Waals surface area (Å²) in [5.74, 6) is 0.488. The Morgan fingerprint density at radius 1 is 1.00 bits per heavy atom. The number of hydrogen-bond acceptors (Lipinski definition) is 5. The van der Waals surface area contributed by atoms with Gasteiger partial charge in [-0.2, -0.15) is 0 Å². The van der Waals surface area contributed by atoms with Crippen LogP contribution in [0.15, 0.2) is 30.3 Å². The molecule has 2 rings (SSSR count). The van der Waals surface area contributed by atoms with Crippen molar-refractivity contribution in [3.8, 4) is 5.75 Å².